The SMILES string of the molecule is COC(=O)[C@@H](NC(=O)OCC(Cl)(Cl)Cl)[C@H]1C=CC=CN1C(=O)OCc1ccccc1. The van der Waals surface area contributed by atoms with Crippen LogP contribution in [0.3, 0.4) is 0 Å². The molecule has 30 heavy (non-hydrogen) atoms. The van der Waals surface area contributed by atoms with Crippen LogP contribution in [-0.4, -0.2) is 52.6 Å². The van der Waals surface area contributed by atoms with Crippen molar-refractivity contribution in [3.8, 4) is 0 Å². The summed E-state index contributed by atoms with van der Waals surface area (Å²) in [6.45, 7) is -0.511. The van der Waals surface area contributed by atoms with Gasteiger partial charge >= 0.3 is 18.2 Å². The summed E-state index contributed by atoms with van der Waals surface area (Å²) >= 11 is 16.6. The van der Waals surface area contributed by atoms with Crippen molar-refractivity contribution >= 4 is 53.0 Å². The Labute approximate surface area is 188 Å². The van der Waals surface area contributed by atoms with Gasteiger partial charge in [-0.3, -0.25) is 4.90 Å². The molecule has 1 N–H and O–H groups in total. The molecular weight excluding hydrogens is 459 g/mol. The molecule has 0 aromatic heterocycles. The van der Waals surface area contributed by atoms with Gasteiger partial charge in [0.15, 0.2) is 6.04 Å². The third kappa shape index (κ3) is 7.44. The molecule has 2 amide bonds. The van der Waals surface area contributed by atoms with Gasteiger partial charge in [0.2, 0.25) is 3.79 Å². The van der Waals surface area contributed by atoms with Gasteiger partial charge in [-0.1, -0.05) is 77.3 Å². The number of nitrogens with one attached hydrogen (secondary N) is 1. The number of nitrogens with zero attached hydrogens (tertiary/aromatic N) is 1. The second-order valence-electron chi connectivity index (χ2n) is 6.00. The van der Waals surface area contributed by atoms with E-state index >= 15 is 0 Å². The van der Waals surface area contributed by atoms with Crippen molar-refractivity contribution in [2.45, 2.75) is 22.5 Å². The zero-order chi connectivity index (χ0) is 22.1. The molecular formula is C19H19Cl3N2O6. The largest absolute Gasteiger partial charge is 0.467 e. The minimum absolute atomic E-state index is 0.0298. The summed E-state index contributed by atoms with van der Waals surface area (Å²) in [5.74, 6) is -0.813. The first-order chi connectivity index (χ1) is 14.2. The number of esters is 1. The van der Waals surface area contributed by atoms with E-state index in [4.69, 9.17) is 49.0 Å². The molecule has 1 aliphatic heterocycles. The van der Waals surface area contributed by atoms with E-state index < -0.39 is 40.6 Å². The minimum atomic E-state index is -1.82. The highest BCUT2D eigenvalue weighted by atomic mass is 35.6. The van der Waals surface area contributed by atoms with Gasteiger partial charge in [0.25, 0.3) is 0 Å². The number of amides is 2. The predicted molar refractivity (Wildman–Crippen MR) is 111 cm³/mol. The molecule has 0 aliphatic carbocycles. The maximum absolute atomic E-state index is 12.6. The smallest absolute Gasteiger partial charge is 0.414 e. The first-order valence-corrected chi connectivity index (χ1v) is 9.76. The number of alkyl carbamates (subject to hydrolysis) is 1. The fraction of sp³-hybridized carbons (Fsp3) is 0.316. The van der Waals surface area contributed by atoms with Gasteiger partial charge in [-0.25, -0.2) is 14.4 Å². The fourth-order valence-electron chi connectivity index (χ4n) is 2.49. The van der Waals surface area contributed by atoms with E-state index in [1.165, 1.54) is 12.3 Å². The highest BCUT2D eigenvalue weighted by molar-refractivity contribution is 6.67. The Morgan fingerprint density at radius 2 is 1.83 bits per heavy atom. The summed E-state index contributed by atoms with van der Waals surface area (Å²) < 4.78 is 13.0. The number of hydrogen-bond donors (Lipinski definition) is 1. The predicted octanol–water partition coefficient (Wildman–Crippen LogP) is 3.72. The molecule has 0 saturated heterocycles. The van der Waals surface area contributed by atoms with Crippen LogP contribution in [0.1, 0.15) is 5.56 Å². The van der Waals surface area contributed by atoms with Gasteiger partial charge in [0.1, 0.15) is 13.2 Å². The summed E-state index contributed by atoms with van der Waals surface area (Å²) in [6.07, 6.45) is 4.38. The third-order valence-electron chi connectivity index (χ3n) is 3.84. The van der Waals surface area contributed by atoms with Gasteiger partial charge in [-0.2, -0.15) is 0 Å². The van der Waals surface area contributed by atoms with Crippen molar-refractivity contribution in [2.24, 2.45) is 0 Å². The van der Waals surface area contributed by atoms with Crippen LogP contribution in [0.5, 0.6) is 0 Å². The van der Waals surface area contributed by atoms with E-state index in [2.05, 4.69) is 5.32 Å². The maximum atomic E-state index is 12.6. The lowest BCUT2D eigenvalue weighted by Crippen LogP contribution is -2.56. The highest BCUT2D eigenvalue weighted by Crippen LogP contribution is 2.26. The second kappa shape index (κ2) is 11.1. The Balaban J connectivity index is 2.09. The van der Waals surface area contributed by atoms with Crippen LogP contribution in [0.2, 0.25) is 0 Å². The quantitative estimate of drug-likeness (QED) is 0.381. The molecule has 0 saturated carbocycles. The van der Waals surface area contributed by atoms with E-state index in [0.717, 1.165) is 17.6 Å². The number of hydrogen-bond acceptors (Lipinski definition) is 6. The van der Waals surface area contributed by atoms with Crippen LogP contribution in [0.15, 0.2) is 54.8 Å². The van der Waals surface area contributed by atoms with Crippen molar-refractivity contribution in [2.75, 3.05) is 13.7 Å². The zero-order valence-corrected chi connectivity index (χ0v) is 18.1. The number of ether oxygens (including phenoxy) is 3. The molecule has 2 atom stereocenters. The van der Waals surface area contributed by atoms with E-state index in [-0.39, 0.29) is 6.61 Å². The fourth-order valence-corrected chi connectivity index (χ4v) is 2.65. The van der Waals surface area contributed by atoms with Gasteiger partial charge in [0.05, 0.1) is 13.2 Å². The molecule has 0 spiro atoms. The Hall–Kier alpha value is -2.42. The van der Waals surface area contributed by atoms with Gasteiger partial charge in [-0.15, -0.1) is 0 Å². The lowest BCUT2D eigenvalue weighted by atomic mass is 10.0. The minimum Gasteiger partial charge on any atom is -0.467 e. The zero-order valence-electron chi connectivity index (χ0n) is 15.8. The number of halogens is 3. The maximum Gasteiger partial charge on any atom is 0.414 e. The number of rotatable bonds is 6. The molecule has 2 rings (SSSR count). The lowest BCUT2D eigenvalue weighted by molar-refractivity contribution is -0.144. The van der Waals surface area contributed by atoms with Crippen LogP contribution in [0.4, 0.5) is 9.59 Å². The molecule has 0 fully saturated rings. The van der Waals surface area contributed by atoms with E-state index in [1.54, 1.807) is 24.3 Å². The van der Waals surface area contributed by atoms with E-state index in [0.29, 0.717) is 0 Å². The normalized spacial score (nSPS) is 16.5. The molecule has 0 radical (unpaired) electrons. The molecule has 0 unspecified atom stereocenters. The molecule has 1 heterocycles. The van der Waals surface area contributed by atoms with Crippen molar-refractivity contribution in [1.29, 1.82) is 0 Å². The summed E-state index contributed by atoms with van der Waals surface area (Å²) in [5.41, 5.74) is 0.789. The number of alkyl halides is 3. The van der Waals surface area contributed by atoms with Crippen LogP contribution < -0.4 is 5.32 Å². The summed E-state index contributed by atoms with van der Waals surface area (Å²) in [4.78, 5) is 38.1. The van der Waals surface area contributed by atoms with E-state index in [9.17, 15) is 14.4 Å². The Kier molecular flexibility index (Phi) is 8.83. The monoisotopic (exact) mass is 476 g/mol. The van der Waals surface area contributed by atoms with Crippen LogP contribution >= 0.6 is 34.8 Å². The Morgan fingerprint density at radius 1 is 1.13 bits per heavy atom. The summed E-state index contributed by atoms with van der Waals surface area (Å²) in [5, 5.41) is 2.32. The topological polar surface area (TPSA) is 94.2 Å². The average Bonchev–Trinajstić information content (AvgIpc) is 2.74. The van der Waals surface area contributed by atoms with Crippen molar-refractivity contribution < 1.29 is 28.6 Å². The molecule has 1 aromatic carbocycles. The van der Waals surface area contributed by atoms with Gasteiger partial charge < -0.3 is 19.5 Å². The molecule has 1 aliphatic rings. The number of allylic oxidation sites excluding steroid dienone is 2. The standard InChI is InChI=1S/C19H19Cl3N2O6/c1-28-16(25)15(23-17(26)30-12-19(20,21)22)14-9-5-6-10-24(14)18(27)29-11-13-7-3-2-4-8-13/h2-10,14-15H,11-12H2,1H3,(H,23,26)/t14-,15+/m1/s1. The molecule has 162 valence electrons. The molecule has 11 heteroatoms. The summed E-state index contributed by atoms with van der Waals surface area (Å²) in [6, 6.07) is 6.83. The van der Waals surface area contributed by atoms with Crippen LogP contribution in [0, 0.1) is 0 Å². The van der Waals surface area contributed by atoms with Gasteiger partial charge in [-0.05, 0) is 11.6 Å². The van der Waals surface area contributed by atoms with Crippen LogP contribution in [-0.2, 0) is 25.6 Å². The van der Waals surface area contributed by atoms with Crippen molar-refractivity contribution in [1.82, 2.24) is 10.2 Å². The third-order valence-corrected chi connectivity index (χ3v) is 4.17. The van der Waals surface area contributed by atoms with E-state index in [1.807, 2.05) is 18.2 Å². The highest BCUT2D eigenvalue weighted by Gasteiger charge is 2.37. The molecule has 1 aromatic rings. The number of benzene rings is 1. The van der Waals surface area contributed by atoms with Crippen molar-refractivity contribution in [3.05, 3.63) is 60.3 Å². The molecule has 8 nitrogen and oxygen atoms in total. The number of carbonyl (C=O) groups is 3. The summed E-state index contributed by atoms with van der Waals surface area (Å²) in [7, 11) is 1.14. The second-order valence-corrected chi connectivity index (χ2v) is 8.52. The van der Waals surface area contributed by atoms with Crippen LogP contribution in [0.25, 0.3) is 0 Å². The first-order valence-electron chi connectivity index (χ1n) is 8.63. The Morgan fingerprint density at radius 3 is 2.47 bits per heavy atom. The lowest BCUT2D eigenvalue weighted by Gasteiger charge is -2.32. The average molecular weight is 478 g/mol. The molecule has 0 bridgehead atoms. The van der Waals surface area contributed by atoms with Crippen molar-refractivity contribution in [3.63, 3.8) is 0 Å². The Bertz CT molecular complexity index is 810. The number of methoxy groups -OCH3 is 1. The van der Waals surface area contributed by atoms with Gasteiger partial charge in [0, 0.05) is 6.20 Å². The number of carbonyl (C=O) groups excluding carboxylic acids is 3. The first kappa shape index (κ1) is 23.9.